The molecule has 1 fully saturated rings. The van der Waals surface area contributed by atoms with Crippen molar-refractivity contribution >= 4 is 15.7 Å². The minimum Gasteiger partial charge on any atom is -0.399 e. The van der Waals surface area contributed by atoms with Gasteiger partial charge in [-0.25, -0.2) is 12.8 Å². The number of nitrogens with zero attached hydrogens (tertiary/aromatic N) is 1. The Morgan fingerprint density at radius 3 is 2.70 bits per heavy atom. The highest BCUT2D eigenvalue weighted by Crippen LogP contribution is 2.29. The molecule has 6 heteroatoms. The third-order valence-corrected chi connectivity index (χ3v) is 6.04. The predicted octanol–water partition coefficient (Wildman–Crippen LogP) is 2.67. The largest absolute Gasteiger partial charge is 0.399 e. The lowest BCUT2D eigenvalue weighted by Crippen LogP contribution is -2.38. The molecule has 112 valence electrons. The summed E-state index contributed by atoms with van der Waals surface area (Å²) >= 11 is 0. The molecule has 1 aliphatic rings. The lowest BCUT2D eigenvalue weighted by molar-refractivity contribution is 0.341. The Morgan fingerprint density at radius 2 is 2.00 bits per heavy atom. The van der Waals surface area contributed by atoms with Gasteiger partial charge in [-0.15, -0.1) is 0 Å². The summed E-state index contributed by atoms with van der Waals surface area (Å²) in [6.45, 7) is 3.87. The van der Waals surface area contributed by atoms with Gasteiger partial charge in [-0.2, -0.15) is 4.31 Å². The molecule has 0 aliphatic carbocycles. The van der Waals surface area contributed by atoms with Gasteiger partial charge in [0, 0.05) is 23.8 Å². The number of anilines is 1. The van der Waals surface area contributed by atoms with Gasteiger partial charge < -0.3 is 5.73 Å². The van der Waals surface area contributed by atoms with Gasteiger partial charge in [0.2, 0.25) is 10.0 Å². The molecule has 0 aromatic heterocycles. The summed E-state index contributed by atoms with van der Waals surface area (Å²) < 4.78 is 40.8. The zero-order valence-corrected chi connectivity index (χ0v) is 12.7. The van der Waals surface area contributed by atoms with Crippen LogP contribution in [0.5, 0.6) is 0 Å². The first-order valence-corrected chi connectivity index (χ1v) is 8.35. The van der Waals surface area contributed by atoms with Gasteiger partial charge in [-0.1, -0.05) is 12.8 Å². The van der Waals surface area contributed by atoms with Crippen LogP contribution in [0.3, 0.4) is 0 Å². The van der Waals surface area contributed by atoms with Crippen LogP contribution < -0.4 is 5.73 Å². The van der Waals surface area contributed by atoms with E-state index >= 15 is 0 Å². The van der Waals surface area contributed by atoms with Crippen molar-refractivity contribution in [2.75, 3.05) is 12.3 Å². The highest BCUT2D eigenvalue weighted by molar-refractivity contribution is 7.89. The van der Waals surface area contributed by atoms with Crippen LogP contribution in [0.2, 0.25) is 0 Å². The van der Waals surface area contributed by atoms with Crippen LogP contribution in [-0.4, -0.2) is 25.3 Å². The van der Waals surface area contributed by atoms with E-state index in [2.05, 4.69) is 0 Å². The van der Waals surface area contributed by atoms with E-state index in [0.717, 1.165) is 31.7 Å². The van der Waals surface area contributed by atoms with Gasteiger partial charge in [-0.05, 0) is 38.8 Å². The molecule has 2 N–H and O–H groups in total. The maximum absolute atomic E-state index is 13.8. The molecule has 4 nitrogen and oxygen atoms in total. The van der Waals surface area contributed by atoms with Gasteiger partial charge in [0.25, 0.3) is 0 Å². The summed E-state index contributed by atoms with van der Waals surface area (Å²) in [6, 6.07) is 2.44. The average molecular weight is 300 g/mol. The Morgan fingerprint density at radius 1 is 1.30 bits per heavy atom. The van der Waals surface area contributed by atoms with Gasteiger partial charge in [0.1, 0.15) is 5.82 Å². The standard InChI is InChI=1S/C14H21FN2O2S/c1-10-6-4-3-5-7-17(10)20(18,19)14-9-12(16)8-13(15)11(14)2/h8-10H,3-7,16H2,1-2H3. The van der Waals surface area contributed by atoms with E-state index < -0.39 is 15.8 Å². The second-order valence-corrected chi connectivity index (χ2v) is 7.30. The highest BCUT2D eigenvalue weighted by atomic mass is 32.2. The van der Waals surface area contributed by atoms with Gasteiger partial charge >= 0.3 is 0 Å². The summed E-state index contributed by atoms with van der Waals surface area (Å²) in [5.41, 5.74) is 5.87. The summed E-state index contributed by atoms with van der Waals surface area (Å²) in [4.78, 5) is -0.0104. The maximum atomic E-state index is 13.8. The lowest BCUT2D eigenvalue weighted by atomic mass is 10.1. The molecule has 0 bridgehead atoms. The van der Waals surface area contributed by atoms with Crippen molar-refractivity contribution in [2.45, 2.75) is 50.5 Å². The number of hydrogen-bond acceptors (Lipinski definition) is 3. The van der Waals surface area contributed by atoms with Gasteiger partial charge in [0.15, 0.2) is 0 Å². The number of nitrogen functional groups attached to an aromatic ring is 1. The smallest absolute Gasteiger partial charge is 0.243 e. The SMILES string of the molecule is Cc1c(F)cc(N)cc1S(=O)(=O)N1CCCCCC1C. The fraction of sp³-hybridized carbons (Fsp3) is 0.571. The summed E-state index contributed by atoms with van der Waals surface area (Å²) in [5, 5.41) is 0. The number of hydrogen-bond donors (Lipinski definition) is 1. The second-order valence-electron chi connectivity index (χ2n) is 5.44. The number of halogens is 1. The van der Waals surface area contributed by atoms with Crippen molar-refractivity contribution in [1.29, 1.82) is 0 Å². The zero-order valence-electron chi connectivity index (χ0n) is 11.9. The maximum Gasteiger partial charge on any atom is 0.243 e. The van der Waals surface area contributed by atoms with Crippen LogP contribution in [0.25, 0.3) is 0 Å². The molecule has 1 atom stereocenters. The minimum absolute atomic E-state index is 0.0104. The van der Waals surface area contributed by atoms with E-state index in [0.29, 0.717) is 6.54 Å². The van der Waals surface area contributed by atoms with Gasteiger partial charge in [0.05, 0.1) is 4.90 Å². The molecule has 0 saturated carbocycles. The van der Waals surface area contributed by atoms with Gasteiger partial charge in [-0.3, -0.25) is 0 Å². The zero-order chi connectivity index (χ0) is 14.9. The Balaban J connectivity index is 2.49. The van der Waals surface area contributed by atoms with Crippen LogP contribution in [0.15, 0.2) is 17.0 Å². The predicted molar refractivity (Wildman–Crippen MR) is 77.4 cm³/mol. The quantitative estimate of drug-likeness (QED) is 0.854. The summed E-state index contributed by atoms with van der Waals surface area (Å²) in [6.07, 6.45) is 3.73. The van der Waals surface area contributed by atoms with Crippen LogP contribution in [0.1, 0.15) is 38.2 Å². The molecule has 1 heterocycles. The molecule has 1 saturated heterocycles. The van der Waals surface area contributed by atoms with E-state index in [4.69, 9.17) is 5.73 Å². The van der Waals surface area contributed by atoms with E-state index in [1.54, 1.807) is 0 Å². The molecular formula is C14H21FN2O2S. The molecule has 1 aromatic rings. The summed E-state index contributed by atoms with van der Waals surface area (Å²) in [5.74, 6) is -0.578. The molecular weight excluding hydrogens is 279 g/mol. The van der Waals surface area contributed by atoms with Crippen LogP contribution in [0.4, 0.5) is 10.1 Å². The van der Waals surface area contributed by atoms with E-state index in [1.165, 1.54) is 17.3 Å². The monoisotopic (exact) mass is 300 g/mol. The molecule has 1 unspecified atom stereocenters. The number of benzene rings is 1. The number of rotatable bonds is 2. The van der Waals surface area contributed by atoms with Crippen LogP contribution in [-0.2, 0) is 10.0 Å². The molecule has 20 heavy (non-hydrogen) atoms. The fourth-order valence-corrected chi connectivity index (χ4v) is 4.64. The number of sulfonamides is 1. The Bertz CT molecular complexity index is 601. The Kier molecular flexibility index (Phi) is 4.34. The third-order valence-electron chi connectivity index (χ3n) is 3.90. The molecule has 1 aliphatic heterocycles. The van der Waals surface area contributed by atoms with Crippen LogP contribution in [0, 0.1) is 12.7 Å². The summed E-state index contributed by atoms with van der Waals surface area (Å²) in [7, 11) is -3.70. The van der Waals surface area contributed by atoms with E-state index in [-0.39, 0.29) is 22.2 Å². The minimum atomic E-state index is -3.70. The lowest BCUT2D eigenvalue weighted by Gasteiger charge is -2.27. The van der Waals surface area contributed by atoms with Crippen molar-refractivity contribution in [3.63, 3.8) is 0 Å². The van der Waals surface area contributed by atoms with Crippen LogP contribution >= 0.6 is 0 Å². The van der Waals surface area contributed by atoms with Crippen molar-refractivity contribution in [3.05, 3.63) is 23.5 Å². The van der Waals surface area contributed by atoms with Crippen molar-refractivity contribution in [2.24, 2.45) is 0 Å². The topological polar surface area (TPSA) is 63.4 Å². The Hall–Kier alpha value is -1.14. The van der Waals surface area contributed by atoms with E-state index in [1.807, 2.05) is 6.92 Å². The van der Waals surface area contributed by atoms with Crippen molar-refractivity contribution in [3.8, 4) is 0 Å². The molecule has 2 rings (SSSR count). The van der Waals surface area contributed by atoms with Crippen molar-refractivity contribution < 1.29 is 12.8 Å². The highest BCUT2D eigenvalue weighted by Gasteiger charge is 2.31. The molecule has 0 spiro atoms. The van der Waals surface area contributed by atoms with E-state index in [9.17, 15) is 12.8 Å². The average Bonchev–Trinajstić information content (AvgIpc) is 2.58. The molecule has 1 aromatic carbocycles. The Labute approximate surface area is 119 Å². The number of nitrogens with two attached hydrogens (primary N) is 1. The fourth-order valence-electron chi connectivity index (χ4n) is 2.67. The normalized spacial score (nSPS) is 21.6. The molecule has 0 amide bonds. The first kappa shape index (κ1) is 15.3. The second kappa shape index (κ2) is 5.69. The third kappa shape index (κ3) is 2.81. The first-order valence-electron chi connectivity index (χ1n) is 6.91. The van der Waals surface area contributed by atoms with Crippen molar-refractivity contribution in [1.82, 2.24) is 4.31 Å². The molecule has 0 radical (unpaired) electrons. The first-order chi connectivity index (χ1) is 9.34.